The van der Waals surface area contributed by atoms with Gasteiger partial charge in [0, 0.05) is 16.6 Å². The molecule has 0 bridgehead atoms. The minimum Gasteiger partial charge on any atom is -0.464 e. The number of furan rings is 1. The molecule has 2 aliphatic rings. The van der Waals surface area contributed by atoms with Crippen LogP contribution in [0, 0.1) is 11.3 Å². The summed E-state index contributed by atoms with van der Waals surface area (Å²) in [5.41, 5.74) is 4.08. The van der Waals surface area contributed by atoms with Crippen LogP contribution in [0.4, 0.5) is 0 Å². The van der Waals surface area contributed by atoms with E-state index in [1.807, 2.05) is 12.1 Å². The van der Waals surface area contributed by atoms with Crippen LogP contribution in [0.5, 0.6) is 0 Å². The van der Waals surface area contributed by atoms with E-state index < -0.39 is 0 Å². The predicted octanol–water partition coefficient (Wildman–Crippen LogP) is 3.36. The Kier molecular flexibility index (Phi) is 3.22. The molecule has 0 radical (unpaired) electrons. The molecular formula is C15H14N2OS. The molecule has 2 heterocycles. The fourth-order valence-corrected chi connectivity index (χ4v) is 3.05. The summed E-state index contributed by atoms with van der Waals surface area (Å²) in [7, 11) is 0. The summed E-state index contributed by atoms with van der Waals surface area (Å²) in [6.45, 7) is 0. The second kappa shape index (κ2) is 5.02. The lowest BCUT2D eigenvalue weighted by molar-refractivity contribution is 0.545. The molecule has 1 aromatic heterocycles. The molecule has 1 unspecified atom stereocenters. The quantitative estimate of drug-likeness (QED) is 0.837. The Bertz CT molecular complexity index is 605. The molecule has 0 aromatic carbocycles. The first kappa shape index (κ1) is 12.2. The van der Waals surface area contributed by atoms with Crippen LogP contribution in [-0.2, 0) is 0 Å². The molecule has 4 heteroatoms. The van der Waals surface area contributed by atoms with Crippen molar-refractivity contribution < 1.29 is 4.42 Å². The Labute approximate surface area is 117 Å². The van der Waals surface area contributed by atoms with Crippen LogP contribution < -0.4 is 5.32 Å². The van der Waals surface area contributed by atoms with Gasteiger partial charge in [-0.15, -0.1) is 0 Å². The second-order valence-electron chi connectivity index (χ2n) is 4.80. The maximum absolute atomic E-state index is 9.47. The zero-order valence-corrected chi connectivity index (χ0v) is 11.3. The van der Waals surface area contributed by atoms with Gasteiger partial charge < -0.3 is 9.73 Å². The van der Waals surface area contributed by atoms with Crippen molar-refractivity contribution in [2.24, 2.45) is 0 Å². The molecule has 0 spiro atoms. The number of nitriles is 1. The standard InChI is InChI=1S/C15H14N2OS/c16-8-11-13(9-19)17-12-5-2-1-4-10(12)15(11)14-6-3-7-18-14/h3,6-7,9,13,17H,1-2,4-5H2. The third-order valence-electron chi connectivity index (χ3n) is 3.70. The number of dihydropyridines is 1. The fourth-order valence-electron chi connectivity index (χ4n) is 2.85. The monoisotopic (exact) mass is 270 g/mol. The fraction of sp³-hybridized carbons (Fsp3) is 0.333. The van der Waals surface area contributed by atoms with Gasteiger partial charge in [0.05, 0.1) is 23.9 Å². The summed E-state index contributed by atoms with van der Waals surface area (Å²) < 4.78 is 5.53. The molecule has 0 fully saturated rings. The molecule has 1 aliphatic heterocycles. The molecule has 0 amide bonds. The first-order valence-corrected chi connectivity index (χ1v) is 6.94. The summed E-state index contributed by atoms with van der Waals surface area (Å²) in [6, 6.07) is 5.89. The average Bonchev–Trinajstić information content (AvgIpc) is 2.98. The molecule has 1 aromatic rings. The van der Waals surface area contributed by atoms with E-state index in [-0.39, 0.29) is 6.04 Å². The first-order valence-electron chi connectivity index (χ1n) is 6.47. The van der Waals surface area contributed by atoms with Crippen molar-refractivity contribution in [1.82, 2.24) is 5.32 Å². The topological polar surface area (TPSA) is 49.0 Å². The van der Waals surface area contributed by atoms with E-state index in [4.69, 9.17) is 16.6 Å². The molecule has 1 aliphatic carbocycles. The highest BCUT2D eigenvalue weighted by molar-refractivity contribution is 7.79. The SMILES string of the molecule is N#CC1=C(c2ccco2)C2=C(CCCC2)NC1C=S. The van der Waals surface area contributed by atoms with Crippen LogP contribution in [0.25, 0.3) is 5.57 Å². The lowest BCUT2D eigenvalue weighted by Crippen LogP contribution is -2.36. The Morgan fingerprint density at radius 2 is 2.26 bits per heavy atom. The zero-order valence-electron chi connectivity index (χ0n) is 10.5. The van der Waals surface area contributed by atoms with Crippen LogP contribution in [0.3, 0.4) is 0 Å². The predicted molar refractivity (Wildman–Crippen MR) is 77.3 cm³/mol. The van der Waals surface area contributed by atoms with Crippen LogP contribution in [0.15, 0.2) is 39.7 Å². The summed E-state index contributed by atoms with van der Waals surface area (Å²) in [6.07, 6.45) is 6.01. The molecule has 1 atom stereocenters. The van der Waals surface area contributed by atoms with E-state index in [2.05, 4.69) is 11.4 Å². The normalized spacial score (nSPS) is 22.6. The number of hydrogen-bond acceptors (Lipinski definition) is 4. The number of hydrogen-bond donors (Lipinski definition) is 1. The van der Waals surface area contributed by atoms with E-state index in [1.54, 1.807) is 11.6 Å². The Balaban J connectivity index is 2.20. The van der Waals surface area contributed by atoms with E-state index in [9.17, 15) is 5.26 Å². The molecule has 96 valence electrons. The van der Waals surface area contributed by atoms with Gasteiger partial charge in [0.1, 0.15) is 5.76 Å². The van der Waals surface area contributed by atoms with Crippen molar-refractivity contribution in [3.8, 4) is 6.07 Å². The van der Waals surface area contributed by atoms with Gasteiger partial charge in [-0.05, 0) is 43.4 Å². The summed E-state index contributed by atoms with van der Waals surface area (Å²) >= 11 is 5.07. The van der Waals surface area contributed by atoms with Crippen LogP contribution in [0.1, 0.15) is 31.4 Å². The third-order valence-corrected chi connectivity index (χ3v) is 3.98. The number of nitrogens with zero attached hydrogens (tertiary/aromatic N) is 1. The minimum absolute atomic E-state index is 0.183. The smallest absolute Gasteiger partial charge is 0.135 e. The number of allylic oxidation sites excluding steroid dienone is 3. The van der Waals surface area contributed by atoms with Crippen molar-refractivity contribution in [1.29, 1.82) is 5.26 Å². The van der Waals surface area contributed by atoms with Gasteiger partial charge in [-0.2, -0.15) is 5.26 Å². The van der Waals surface area contributed by atoms with Crippen LogP contribution in [0.2, 0.25) is 0 Å². The van der Waals surface area contributed by atoms with Gasteiger partial charge in [0.15, 0.2) is 0 Å². The van der Waals surface area contributed by atoms with Crippen molar-refractivity contribution in [3.05, 3.63) is 41.0 Å². The van der Waals surface area contributed by atoms with Crippen molar-refractivity contribution in [2.75, 3.05) is 0 Å². The maximum atomic E-state index is 9.47. The first-order chi connectivity index (χ1) is 9.35. The largest absolute Gasteiger partial charge is 0.464 e. The van der Waals surface area contributed by atoms with E-state index in [0.29, 0.717) is 5.57 Å². The van der Waals surface area contributed by atoms with Gasteiger partial charge in [-0.1, -0.05) is 12.2 Å². The molecule has 1 N–H and O–H groups in total. The molecule has 3 rings (SSSR count). The number of rotatable bonds is 2. The molecular weight excluding hydrogens is 256 g/mol. The Hall–Kier alpha value is -1.86. The summed E-state index contributed by atoms with van der Waals surface area (Å²) in [5.74, 6) is 0.773. The molecule has 0 saturated carbocycles. The lowest BCUT2D eigenvalue weighted by Gasteiger charge is -2.31. The second-order valence-corrected chi connectivity index (χ2v) is 5.07. The maximum Gasteiger partial charge on any atom is 0.135 e. The van der Waals surface area contributed by atoms with Crippen molar-refractivity contribution in [3.63, 3.8) is 0 Å². The zero-order chi connectivity index (χ0) is 13.2. The molecule has 3 nitrogen and oxygen atoms in total. The Morgan fingerprint density at radius 3 is 2.95 bits per heavy atom. The van der Waals surface area contributed by atoms with Gasteiger partial charge in [0.25, 0.3) is 0 Å². The van der Waals surface area contributed by atoms with E-state index in [0.717, 1.165) is 30.6 Å². The number of thiocarbonyl (C=S) groups is 1. The van der Waals surface area contributed by atoms with Crippen molar-refractivity contribution in [2.45, 2.75) is 31.7 Å². The Morgan fingerprint density at radius 1 is 1.42 bits per heavy atom. The van der Waals surface area contributed by atoms with Gasteiger partial charge in [-0.25, -0.2) is 0 Å². The van der Waals surface area contributed by atoms with E-state index >= 15 is 0 Å². The highest BCUT2D eigenvalue weighted by atomic mass is 32.1. The molecule has 19 heavy (non-hydrogen) atoms. The average molecular weight is 270 g/mol. The van der Waals surface area contributed by atoms with Crippen molar-refractivity contribution >= 4 is 23.2 Å². The highest BCUT2D eigenvalue weighted by Crippen LogP contribution is 2.39. The van der Waals surface area contributed by atoms with Gasteiger partial charge in [0.2, 0.25) is 0 Å². The lowest BCUT2D eigenvalue weighted by atomic mass is 9.82. The van der Waals surface area contributed by atoms with E-state index in [1.165, 1.54) is 17.7 Å². The number of nitrogens with one attached hydrogen (secondary N) is 1. The summed E-state index contributed by atoms with van der Waals surface area (Å²) in [5, 5.41) is 14.5. The van der Waals surface area contributed by atoms with Crippen LogP contribution in [-0.4, -0.2) is 11.4 Å². The minimum atomic E-state index is -0.183. The highest BCUT2D eigenvalue weighted by Gasteiger charge is 2.30. The van der Waals surface area contributed by atoms with Gasteiger partial charge >= 0.3 is 0 Å². The van der Waals surface area contributed by atoms with Gasteiger partial charge in [-0.3, -0.25) is 0 Å². The summed E-state index contributed by atoms with van der Waals surface area (Å²) in [4.78, 5) is 0. The third kappa shape index (κ3) is 2.00. The van der Waals surface area contributed by atoms with Crippen LogP contribution >= 0.6 is 12.2 Å². The molecule has 0 saturated heterocycles.